The maximum Gasteiger partial charge on any atom is 0.323 e. The maximum atomic E-state index is 11.8. The van der Waals surface area contributed by atoms with E-state index in [1.807, 2.05) is 0 Å². The lowest BCUT2D eigenvalue weighted by Gasteiger charge is -2.28. The zero-order chi connectivity index (χ0) is 14.2. The SMILES string of the molecule is CCC(CCC(OC)OC)(C(=O)OC)C(=O)OC. The molecule has 0 aromatic carbocycles. The average molecular weight is 262 g/mol. The highest BCUT2D eigenvalue weighted by atomic mass is 16.7. The molecule has 0 saturated heterocycles. The normalized spacial score (nSPS) is 11.4. The molecule has 0 aromatic rings. The first-order chi connectivity index (χ1) is 8.52. The van der Waals surface area contributed by atoms with E-state index in [1.165, 1.54) is 28.4 Å². The van der Waals surface area contributed by atoms with Crippen LogP contribution in [0.2, 0.25) is 0 Å². The maximum absolute atomic E-state index is 11.8. The van der Waals surface area contributed by atoms with Gasteiger partial charge in [0.15, 0.2) is 11.7 Å². The fourth-order valence-electron chi connectivity index (χ4n) is 1.84. The Bertz CT molecular complexity index is 256. The van der Waals surface area contributed by atoms with Crippen molar-refractivity contribution in [2.75, 3.05) is 28.4 Å². The molecule has 0 rings (SSSR count). The molecular weight excluding hydrogens is 240 g/mol. The van der Waals surface area contributed by atoms with E-state index in [0.29, 0.717) is 12.8 Å². The van der Waals surface area contributed by atoms with Crippen LogP contribution in [0.5, 0.6) is 0 Å². The van der Waals surface area contributed by atoms with Crippen molar-refractivity contribution in [3.63, 3.8) is 0 Å². The molecular formula is C12H22O6. The molecule has 0 fully saturated rings. The summed E-state index contributed by atoms with van der Waals surface area (Å²) in [6.07, 6.45) is 0.470. The predicted molar refractivity (Wildman–Crippen MR) is 63.8 cm³/mol. The third-order valence-corrected chi connectivity index (χ3v) is 3.09. The van der Waals surface area contributed by atoms with Gasteiger partial charge in [0.25, 0.3) is 0 Å². The predicted octanol–water partition coefficient (Wildman–Crippen LogP) is 1.13. The Morgan fingerprint density at radius 3 is 1.72 bits per heavy atom. The van der Waals surface area contributed by atoms with Crippen LogP contribution in [0.1, 0.15) is 26.2 Å². The number of carbonyl (C=O) groups excluding carboxylic acids is 2. The van der Waals surface area contributed by atoms with Gasteiger partial charge in [-0.15, -0.1) is 0 Å². The van der Waals surface area contributed by atoms with E-state index in [0.717, 1.165) is 0 Å². The molecule has 0 aliphatic heterocycles. The average Bonchev–Trinajstić information content (AvgIpc) is 2.42. The van der Waals surface area contributed by atoms with E-state index >= 15 is 0 Å². The second-order valence-electron chi connectivity index (χ2n) is 3.86. The third kappa shape index (κ3) is 3.68. The van der Waals surface area contributed by atoms with Gasteiger partial charge in [-0.25, -0.2) is 0 Å². The Morgan fingerprint density at radius 1 is 1.00 bits per heavy atom. The van der Waals surface area contributed by atoms with Gasteiger partial charge >= 0.3 is 11.9 Å². The van der Waals surface area contributed by atoms with Gasteiger partial charge < -0.3 is 18.9 Å². The molecule has 0 bridgehead atoms. The van der Waals surface area contributed by atoms with E-state index in [2.05, 4.69) is 0 Å². The lowest BCUT2D eigenvalue weighted by molar-refractivity contribution is -0.172. The first-order valence-electron chi connectivity index (χ1n) is 5.74. The van der Waals surface area contributed by atoms with E-state index in [-0.39, 0.29) is 6.42 Å². The number of hydrogen-bond acceptors (Lipinski definition) is 6. The summed E-state index contributed by atoms with van der Waals surface area (Å²) >= 11 is 0. The van der Waals surface area contributed by atoms with E-state index in [4.69, 9.17) is 18.9 Å². The molecule has 0 heterocycles. The van der Waals surface area contributed by atoms with Crippen LogP contribution in [0, 0.1) is 5.41 Å². The van der Waals surface area contributed by atoms with Crippen LogP contribution in [0.4, 0.5) is 0 Å². The number of esters is 2. The van der Waals surface area contributed by atoms with Crippen molar-refractivity contribution in [1.29, 1.82) is 0 Å². The van der Waals surface area contributed by atoms with Gasteiger partial charge in [-0.1, -0.05) is 6.92 Å². The fraction of sp³-hybridized carbons (Fsp3) is 0.833. The van der Waals surface area contributed by atoms with Crippen LogP contribution in [0.25, 0.3) is 0 Å². The molecule has 0 aromatic heterocycles. The summed E-state index contributed by atoms with van der Waals surface area (Å²) in [5, 5.41) is 0. The first-order valence-corrected chi connectivity index (χ1v) is 5.74. The largest absolute Gasteiger partial charge is 0.468 e. The summed E-state index contributed by atoms with van der Waals surface area (Å²) in [5.74, 6) is -1.19. The minimum absolute atomic E-state index is 0.245. The molecule has 6 nitrogen and oxygen atoms in total. The smallest absolute Gasteiger partial charge is 0.323 e. The molecule has 0 radical (unpaired) electrons. The topological polar surface area (TPSA) is 71.1 Å². The summed E-state index contributed by atoms with van der Waals surface area (Å²) in [4.78, 5) is 23.7. The van der Waals surface area contributed by atoms with Crippen LogP contribution in [0.15, 0.2) is 0 Å². The zero-order valence-electron chi connectivity index (χ0n) is 11.6. The van der Waals surface area contributed by atoms with E-state index < -0.39 is 23.6 Å². The zero-order valence-corrected chi connectivity index (χ0v) is 11.6. The number of rotatable bonds is 8. The molecule has 18 heavy (non-hydrogen) atoms. The third-order valence-electron chi connectivity index (χ3n) is 3.09. The molecule has 0 unspecified atom stereocenters. The summed E-state index contributed by atoms with van der Waals surface area (Å²) in [6, 6.07) is 0. The van der Waals surface area contributed by atoms with Crippen LogP contribution in [0.3, 0.4) is 0 Å². The summed E-state index contributed by atoms with van der Waals surface area (Å²) in [6.45, 7) is 1.74. The fourth-order valence-corrected chi connectivity index (χ4v) is 1.84. The minimum atomic E-state index is -1.29. The monoisotopic (exact) mass is 262 g/mol. The Kier molecular flexibility index (Phi) is 7.54. The first kappa shape index (κ1) is 16.9. The van der Waals surface area contributed by atoms with Gasteiger partial charge in [-0.2, -0.15) is 0 Å². The van der Waals surface area contributed by atoms with Crippen molar-refractivity contribution in [2.24, 2.45) is 5.41 Å². The van der Waals surface area contributed by atoms with Gasteiger partial charge in [-0.3, -0.25) is 9.59 Å². The van der Waals surface area contributed by atoms with Gasteiger partial charge in [0.1, 0.15) is 0 Å². The second kappa shape index (κ2) is 8.05. The molecule has 0 saturated carbocycles. The highest BCUT2D eigenvalue weighted by Gasteiger charge is 2.46. The molecule has 6 heteroatoms. The summed E-state index contributed by atoms with van der Waals surface area (Å²) < 4.78 is 19.5. The van der Waals surface area contributed by atoms with Crippen molar-refractivity contribution in [2.45, 2.75) is 32.5 Å². The van der Waals surface area contributed by atoms with Crippen molar-refractivity contribution >= 4 is 11.9 Å². The minimum Gasteiger partial charge on any atom is -0.468 e. The van der Waals surface area contributed by atoms with E-state index in [9.17, 15) is 9.59 Å². The summed E-state index contributed by atoms with van der Waals surface area (Å²) in [5.41, 5.74) is -1.29. The number of methoxy groups -OCH3 is 4. The highest BCUT2D eigenvalue weighted by molar-refractivity contribution is 5.99. The second-order valence-corrected chi connectivity index (χ2v) is 3.86. The van der Waals surface area contributed by atoms with E-state index in [1.54, 1.807) is 6.92 Å². The van der Waals surface area contributed by atoms with Crippen molar-refractivity contribution in [3.8, 4) is 0 Å². The van der Waals surface area contributed by atoms with Crippen LogP contribution >= 0.6 is 0 Å². The lowest BCUT2D eigenvalue weighted by Crippen LogP contribution is -2.41. The molecule has 106 valence electrons. The number of ether oxygens (including phenoxy) is 4. The standard InChI is InChI=1S/C12H22O6/c1-6-12(10(13)17-4,11(14)18-5)8-7-9(15-2)16-3/h9H,6-8H2,1-5H3. The van der Waals surface area contributed by atoms with Crippen LogP contribution in [-0.4, -0.2) is 46.7 Å². The Morgan fingerprint density at radius 2 is 1.44 bits per heavy atom. The van der Waals surface area contributed by atoms with Crippen LogP contribution < -0.4 is 0 Å². The lowest BCUT2D eigenvalue weighted by atomic mass is 9.80. The highest BCUT2D eigenvalue weighted by Crippen LogP contribution is 2.32. The number of carbonyl (C=O) groups is 2. The Balaban J connectivity index is 4.96. The van der Waals surface area contributed by atoms with Gasteiger partial charge in [-0.05, 0) is 19.3 Å². The van der Waals surface area contributed by atoms with Crippen molar-refractivity contribution < 1.29 is 28.5 Å². The molecule has 0 atom stereocenters. The Hall–Kier alpha value is -1.14. The van der Waals surface area contributed by atoms with Crippen molar-refractivity contribution in [3.05, 3.63) is 0 Å². The molecule has 0 amide bonds. The summed E-state index contributed by atoms with van der Waals surface area (Å²) in [7, 11) is 5.50. The van der Waals surface area contributed by atoms with Gasteiger partial charge in [0, 0.05) is 14.2 Å². The van der Waals surface area contributed by atoms with Gasteiger partial charge in [0.2, 0.25) is 0 Å². The molecule has 0 N–H and O–H groups in total. The van der Waals surface area contributed by atoms with Crippen LogP contribution in [-0.2, 0) is 28.5 Å². The molecule has 0 spiro atoms. The number of hydrogen-bond donors (Lipinski definition) is 0. The van der Waals surface area contributed by atoms with Gasteiger partial charge in [0.05, 0.1) is 14.2 Å². The molecule has 0 aliphatic carbocycles. The quantitative estimate of drug-likeness (QED) is 0.371. The Labute approximate surface area is 108 Å². The molecule has 0 aliphatic rings. The van der Waals surface area contributed by atoms with Crippen molar-refractivity contribution in [1.82, 2.24) is 0 Å².